The van der Waals surface area contributed by atoms with E-state index < -0.39 is 0 Å². The van der Waals surface area contributed by atoms with Gasteiger partial charge in [-0.2, -0.15) is 0 Å². The van der Waals surface area contributed by atoms with Crippen LogP contribution < -0.4 is 0 Å². The van der Waals surface area contributed by atoms with Crippen molar-refractivity contribution in [1.82, 2.24) is 9.88 Å². The van der Waals surface area contributed by atoms with Crippen molar-refractivity contribution in [2.45, 2.75) is 32.7 Å². The van der Waals surface area contributed by atoms with E-state index in [0.29, 0.717) is 12.1 Å². The van der Waals surface area contributed by atoms with Gasteiger partial charge in [0.25, 0.3) is 5.91 Å². The monoisotopic (exact) mass is 246 g/mol. The molecular weight excluding hydrogens is 228 g/mol. The number of carbonyl (C=O) groups excluding carboxylic acids is 2. The highest BCUT2D eigenvalue weighted by atomic mass is 16.2. The number of hydrogen-bond acceptors (Lipinski definition) is 3. The largest absolute Gasteiger partial charge is 0.329 e. The fraction of sp³-hybridized carbons (Fsp3) is 0.500. The molecule has 0 N–H and O–H groups in total. The Morgan fingerprint density at radius 1 is 1.44 bits per heavy atom. The molecule has 1 aliphatic heterocycles. The zero-order chi connectivity index (χ0) is 13.1. The van der Waals surface area contributed by atoms with Gasteiger partial charge in [-0.05, 0) is 25.0 Å². The lowest BCUT2D eigenvalue weighted by Crippen LogP contribution is -2.42. The Labute approximate surface area is 107 Å². The quantitative estimate of drug-likeness (QED) is 0.818. The number of amides is 1. The zero-order valence-electron chi connectivity index (χ0n) is 10.8. The topological polar surface area (TPSA) is 50.3 Å². The zero-order valence-corrected chi connectivity index (χ0v) is 10.8. The van der Waals surface area contributed by atoms with E-state index in [-0.39, 0.29) is 23.7 Å². The van der Waals surface area contributed by atoms with E-state index >= 15 is 0 Å². The van der Waals surface area contributed by atoms with Gasteiger partial charge in [-0.25, -0.2) is 0 Å². The summed E-state index contributed by atoms with van der Waals surface area (Å²) in [6, 6.07) is 3.23. The molecule has 0 radical (unpaired) electrons. The van der Waals surface area contributed by atoms with E-state index in [1.807, 2.05) is 13.8 Å². The Bertz CT molecular complexity index is 442. The molecule has 2 rings (SSSR count). The maximum absolute atomic E-state index is 12.3. The van der Waals surface area contributed by atoms with Crippen LogP contribution >= 0.6 is 0 Å². The highest BCUT2D eigenvalue weighted by Crippen LogP contribution is 2.22. The lowest BCUT2D eigenvalue weighted by molar-refractivity contribution is -0.125. The molecule has 1 fully saturated rings. The molecule has 1 unspecified atom stereocenters. The molecule has 1 aromatic rings. The van der Waals surface area contributed by atoms with Gasteiger partial charge in [-0.3, -0.25) is 14.6 Å². The Hall–Kier alpha value is -1.71. The first-order valence-electron chi connectivity index (χ1n) is 6.36. The molecule has 1 amide bonds. The summed E-state index contributed by atoms with van der Waals surface area (Å²) in [4.78, 5) is 30.0. The minimum Gasteiger partial charge on any atom is -0.329 e. The number of likely N-dealkylation sites (tertiary alicyclic amines) is 1. The number of pyridine rings is 1. The fourth-order valence-electron chi connectivity index (χ4n) is 2.35. The van der Waals surface area contributed by atoms with E-state index in [0.717, 1.165) is 12.8 Å². The number of aromatic nitrogens is 1. The SMILES string of the molecule is CC(C)C(=O)C1CCCN1C(=O)c1cccnc1. The molecule has 4 nitrogen and oxygen atoms in total. The van der Waals surface area contributed by atoms with Crippen molar-refractivity contribution in [1.29, 1.82) is 0 Å². The highest BCUT2D eigenvalue weighted by Gasteiger charge is 2.35. The van der Waals surface area contributed by atoms with Crippen molar-refractivity contribution in [3.63, 3.8) is 0 Å². The highest BCUT2D eigenvalue weighted by molar-refractivity contribution is 5.98. The molecule has 1 saturated heterocycles. The summed E-state index contributed by atoms with van der Waals surface area (Å²) in [5.41, 5.74) is 0.556. The van der Waals surface area contributed by atoms with E-state index in [4.69, 9.17) is 0 Å². The van der Waals surface area contributed by atoms with Crippen molar-refractivity contribution in [2.75, 3.05) is 6.54 Å². The van der Waals surface area contributed by atoms with E-state index in [1.54, 1.807) is 29.4 Å². The molecule has 1 aliphatic rings. The van der Waals surface area contributed by atoms with Gasteiger partial charge in [-0.15, -0.1) is 0 Å². The summed E-state index contributed by atoms with van der Waals surface area (Å²) in [6.07, 6.45) is 4.87. The lowest BCUT2D eigenvalue weighted by Gasteiger charge is -2.24. The second-order valence-electron chi connectivity index (χ2n) is 4.96. The van der Waals surface area contributed by atoms with Gasteiger partial charge in [0, 0.05) is 24.9 Å². The molecule has 0 saturated carbocycles. The first kappa shape index (κ1) is 12.7. The maximum atomic E-state index is 12.3. The molecule has 2 heterocycles. The van der Waals surface area contributed by atoms with Gasteiger partial charge in [0.2, 0.25) is 0 Å². The predicted octanol–water partition coefficient (Wildman–Crippen LogP) is 1.91. The molecule has 96 valence electrons. The summed E-state index contributed by atoms with van der Waals surface area (Å²) in [6.45, 7) is 4.43. The molecule has 18 heavy (non-hydrogen) atoms. The first-order valence-corrected chi connectivity index (χ1v) is 6.36. The van der Waals surface area contributed by atoms with Crippen LogP contribution in [0.2, 0.25) is 0 Å². The van der Waals surface area contributed by atoms with Gasteiger partial charge < -0.3 is 4.90 Å². The lowest BCUT2D eigenvalue weighted by atomic mass is 9.99. The van der Waals surface area contributed by atoms with Crippen LogP contribution in [0.25, 0.3) is 0 Å². The van der Waals surface area contributed by atoms with Gasteiger partial charge in [0.15, 0.2) is 5.78 Å². The number of Topliss-reactive ketones (excluding diaryl/α,β-unsaturated/α-hetero) is 1. The van der Waals surface area contributed by atoms with Crippen LogP contribution in [0.1, 0.15) is 37.0 Å². The minimum atomic E-state index is -0.252. The number of carbonyl (C=O) groups is 2. The van der Waals surface area contributed by atoms with Crippen LogP contribution in [-0.4, -0.2) is 34.2 Å². The third-order valence-corrected chi connectivity index (χ3v) is 3.32. The van der Waals surface area contributed by atoms with E-state index in [1.165, 1.54) is 0 Å². The van der Waals surface area contributed by atoms with Crippen LogP contribution in [0.4, 0.5) is 0 Å². The molecule has 4 heteroatoms. The van der Waals surface area contributed by atoms with Crippen LogP contribution in [-0.2, 0) is 4.79 Å². The number of nitrogens with zero attached hydrogens (tertiary/aromatic N) is 2. The smallest absolute Gasteiger partial charge is 0.256 e. The molecule has 0 spiro atoms. The maximum Gasteiger partial charge on any atom is 0.256 e. The molecule has 0 aromatic carbocycles. The average molecular weight is 246 g/mol. The molecule has 1 atom stereocenters. The number of hydrogen-bond donors (Lipinski definition) is 0. The van der Waals surface area contributed by atoms with Gasteiger partial charge in [0.05, 0.1) is 11.6 Å². The van der Waals surface area contributed by atoms with Crippen LogP contribution in [0.5, 0.6) is 0 Å². The minimum absolute atomic E-state index is 0.0303. The van der Waals surface area contributed by atoms with Crippen LogP contribution in [0.15, 0.2) is 24.5 Å². The molecule has 0 bridgehead atoms. The van der Waals surface area contributed by atoms with Gasteiger partial charge in [0.1, 0.15) is 0 Å². The third kappa shape index (κ3) is 2.42. The summed E-state index contributed by atoms with van der Waals surface area (Å²) in [5.74, 6) is 0.0432. The number of rotatable bonds is 3. The van der Waals surface area contributed by atoms with Crippen LogP contribution in [0.3, 0.4) is 0 Å². The number of ketones is 1. The Morgan fingerprint density at radius 2 is 2.22 bits per heavy atom. The third-order valence-electron chi connectivity index (χ3n) is 3.32. The first-order chi connectivity index (χ1) is 8.61. The van der Waals surface area contributed by atoms with Crippen molar-refractivity contribution >= 4 is 11.7 Å². The van der Waals surface area contributed by atoms with E-state index in [9.17, 15) is 9.59 Å². The summed E-state index contributed by atoms with van der Waals surface area (Å²) >= 11 is 0. The predicted molar refractivity (Wildman–Crippen MR) is 68.1 cm³/mol. The fourth-order valence-corrected chi connectivity index (χ4v) is 2.35. The summed E-state index contributed by atoms with van der Waals surface area (Å²) < 4.78 is 0. The van der Waals surface area contributed by atoms with E-state index in [2.05, 4.69) is 4.98 Å². The van der Waals surface area contributed by atoms with Crippen molar-refractivity contribution in [3.05, 3.63) is 30.1 Å². The normalized spacial score (nSPS) is 19.3. The standard InChI is InChI=1S/C14H18N2O2/c1-10(2)13(17)12-6-4-8-16(12)14(18)11-5-3-7-15-9-11/h3,5,7,9-10,12H,4,6,8H2,1-2H3. The molecular formula is C14H18N2O2. The average Bonchev–Trinajstić information content (AvgIpc) is 2.87. The molecule has 1 aromatic heterocycles. The summed E-state index contributed by atoms with van der Waals surface area (Å²) in [5, 5.41) is 0. The Morgan fingerprint density at radius 3 is 2.83 bits per heavy atom. The van der Waals surface area contributed by atoms with Crippen molar-refractivity contribution in [2.24, 2.45) is 5.92 Å². The second kappa shape index (κ2) is 5.29. The van der Waals surface area contributed by atoms with Crippen molar-refractivity contribution in [3.8, 4) is 0 Å². The molecule has 0 aliphatic carbocycles. The second-order valence-corrected chi connectivity index (χ2v) is 4.96. The van der Waals surface area contributed by atoms with Gasteiger partial charge >= 0.3 is 0 Å². The Kier molecular flexibility index (Phi) is 3.75. The summed E-state index contributed by atoms with van der Waals surface area (Å²) in [7, 11) is 0. The van der Waals surface area contributed by atoms with Gasteiger partial charge in [-0.1, -0.05) is 13.8 Å². The Balaban J connectivity index is 2.17. The van der Waals surface area contributed by atoms with Crippen LogP contribution in [0, 0.1) is 5.92 Å². The van der Waals surface area contributed by atoms with Crippen molar-refractivity contribution < 1.29 is 9.59 Å².